The van der Waals surface area contributed by atoms with Gasteiger partial charge >= 0.3 is 5.69 Å². The van der Waals surface area contributed by atoms with Gasteiger partial charge in [-0.25, -0.2) is 9.78 Å². The molecule has 4 aromatic rings. The van der Waals surface area contributed by atoms with Crippen LogP contribution >= 0.6 is 0 Å². The summed E-state index contributed by atoms with van der Waals surface area (Å²) in [5.74, 6) is 0.744. The zero-order valence-electron chi connectivity index (χ0n) is 15.7. The van der Waals surface area contributed by atoms with Crippen LogP contribution in [0.25, 0.3) is 11.2 Å². The Hall–Kier alpha value is -3.61. The smallest absolute Gasteiger partial charge is 0.332 e. The summed E-state index contributed by atoms with van der Waals surface area (Å²) in [6.45, 7) is 0.823. The lowest BCUT2D eigenvalue weighted by Gasteiger charge is -2.11. The number of fused-ring (bicyclic) bond motifs is 1. The molecular weight excluding hydrogens is 356 g/mol. The van der Waals surface area contributed by atoms with Gasteiger partial charge < -0.3 is 9.30 Å². The molecule has 2 aromatic heterocycles. The Bertz CT molecular complexity index is 1240. The molecule has 0 aliphatic heterocycles. The summed E-state index contributed by atoms with van der Waals surface area (Å²) >= 11 is 0. The second-order valence-electron chi connectivity index (χ2n) is 6.61. The van der Waals surface area contributed by atoms with Crippen molar-refractivity contribution in [2.75, 3.05) is 7.11 Å². The minimum atomic E-state index is -0.390. The highest BCUT2D eigenvalue weighted by molar-refractivity contribution is 5.70. The normalized spacial score (nSPS) is 11.1. The first-order chi connectivity index (χ1) is 13.6. The molecule has 0 amide bonds. The molecule has 0 saturated heterocycles. The summed E-state index contributed by atoms with van der Waals surface area (Å²) < 4.78 is 9.63. The topological polar surface area (TPSA) is 71.1 Å². The van der Waals surface area contributed by atoms with Crippen molar-refractivity contribution in [1.82, 2.24) is 18.7 Å². The molecular formula is C21H20N4O3. The third-order valence-corrected chi connectivity index (χ3v) is 4.79. The number of methoxy groups -OCH3 is 1. The van der Waals surface area contributed by atoms with Gasteiger partial charge in [0.1, 0.15) is 5.75 Å². The molecule has 0 fully saturated rings. The molecule has 7 heteroatoms. The average molecular weight is 376 g/mol. The Morgan fingerprint density at radius 3 is 2.29 bits per heavy atom. The Kier molecular flexibility index (Phi) is 4.57. The molecule has 0 spiro atoms. The van der Waals surface area contributed by atoms with Crippen LogP contribution < -0.4 is 16.0 Å². The average Bonchev–Trinajstić information content (AvgIpc) is 3.14. The lowest BCUT2D eigenvalue weighted by Crippen LogP contribution is -2.39. The third-order valence-electron chi connectivity index (χ3n) is 4.79. The Labute approximate surface area is 161 Å². The fourth-order valence-electron chi connectivity index (χ4n) is 3.26. The summed E-state index contributed by atoms with van der Waals surface area (Å²) in [6, 6.07) is 17.3. The molecule has 0 saturated carbocycles. The first-order valence-corrected chi connectivity index (χ1v) is 8.90. The summed E-state index contributed by atoms with van der Waals surface area (Å²) in [4.78, 5) is 29.9. The van der Waals surface area contributed by atoms with E-state index in [-0.39, 0.29) is 5.56 Å². The lowest BCUT2D eigenvalue weighted by atomic mass is 10.2. The second-order valence-corrected chi connectivity index (χ2v) is 6.61. The maximum atomic E-state index is 12.8. The maximum Gasteiger partial charge on any atom is 0.332 e. The first kappa shape index (κ1) is 17.8. The molecule has 28 heavy (non-hydrogen) atoms. The lowest BCUT2D eigenvalue weighted by molar-refractivity contribution is 0.414. The van der Waals surface area contributed by atoms with Crippen LogP contribution in [0.4, 0.5) is 0 Å². The molecule has 0 aliphatic rings. The predicted molar refractivity (Wildman–Crippen MR) is 107 cm³/mol. The Balaban J connectivity index is 1.82. The molecule has 0 atom stereocenters. The highest BCUT2D eigenvalue weighted by atomic mass is 16.5. The van der Waals surface area contributed by atoms with E-state index in [0.717, 1.165) is 21.4 Å². The number of rotatable bonds is 5. The van der Waals surface area contributed by atoms with Gasteiger partial charge in [-0.05, 0) is 23.3 Å². The number of ether oxygens (including phenoxy) is 1. The van der Waals surface area contributed by atoms with E-state index >= 15 is 0 Å². The molecule has 4 rings (SSSR count). The van der Waals surface area contributed by atoms with Crippen LogP contribution in [0.2, 0.25) is 0 Å². The van der Waals surface area contributed by atoms with Crippen molar-refractivity contribution in [3.8, 4) is 5.75 Å². The molecule has 0 N–H and O–H groups in total. The number of hydrogen-bond donors (Lipinski definition) is 0. The van der Waals surface area contributed by atoms with Crippen LogP contribution in [0.5, 0.6) is 5.75 Å². The minimum Gasteiger partial charge on any atom is -0.497 e. The fraction of sp³-hybridized carbons (Fsp3) is 0.190. The van der Waals surface area contributed by atoms with Crippen molar-refractivity contribution in [1.29, 1.82) is 0 Å². The Morgan fingerprint density at radius 1 is 0.929 bits per heavy atom. The van der Waals surface area contributed by atoms with Gasteiger partial charge in [0.2, 0.25) is 0 Å². The summed E-state index contributed by atoms with van der Waals surface area (Å²) in [7, 11) is 3.10. The fourth-order valence-corrected chi connectivity index (χ4v) is 3.26. The molecule has 0 radical (unpaired) electrons. The van der Waals surface area contributed by atoms with Gasteiger partial charge in [-0.3, -0.25) is 13.9 Å². The molecule has 0 unspecified atom stereocenters. The highest BCUT2D eigenvalue weighted by Gasteiger charge is 2.16. The van der Waals surface area contributed by atoms with Crippen LogP contribution in [0, 0.1) is 0 Å². The van der Waals surface area contributed by atoms with Crippen LogP contribution in [0.3, 0.4) is 0 Å². The molecule has 2 heterocycles. The maximum absolute atomic E-state index is 12.8. The van der Waals surface area contributed by atoms with Crippen LogP contribution in [-0.2, 0) is 20.1 Å². The monoisotopic (exact) mass is 376 g/mol. The van der Waals surface area contributed by atoms with Crippen LogP contribution in [0.1, 0.15) is 11.1 Å². The summed E-state index contributed by atoms with van der Waals surface area (Å²) in [5.41, 5.74) is 2.04. The van der Waals surface area contributed by atoms with Gasteiger partial charge in [0.05, 0.1) is 20.0 Å². The molecule has 7 nitrogen and oxygen atoms in total. The molecule has 2 aromatic carbocycles. The number of hydrogen-bond acceptors (Lipinski definition) is 4. The predicted octanol–water partition coefficient (Wildman–Crippen LogP) is 2.00. The van der Waals surface area contributed by atoms with Gasteiger partial charge in [-0.15, -0.1) is 0 Å². The summed E-state index contributed by atoms with van der Waals surface area (Å²) in [6.07, 6.45) is 1.61. The molecule has 142 valence electrons. The SMILES string of the molecule is COc1ccc(Cn2c(=O)n(C)c(=O)c3c2ncn3Cc2ccccc2)cc1. The third kappa shape index (κ3) is 3.11. The zero-order valence-corrected chi connectivity index (χ0v) is 15.7. The number of imidazole rings is 1. The van der Waals surface area contributed by atoms with Gasteiger partial charge in [0.25, 0.3) is 5.56 Å². The van der Waals surface area contributed by atoms with Crippen molar-refractivity contribution < 1.29 is 4.74 Å². The van der Waals surface area contributed by atoms with E-state index in [1.807, 2.05) is 54.6 Å². The Morgan fingerprint density at radius 2 is 1.61 bits per heavy atom. The molecule has 0 bridgehead atoms. The largest absolute Gasteiger partial charge is 0.497 e. The van der Waals surface area contributed by atoms with Gasteiger partial charge in [0, 0.05) is 13.6 Å². The quantitative estimate of drug-likeness (QED) is 0.534. The molecule has 0 aliphatic carbocycles. The zero-order chi connectivity index (χ0) is 19.7. The van der Waals surface area contributed by atoms with Crippen molar-refractivity contribution in [3.05, 3.63) is 92.9 Å². The highest BCUT2D eigenvalue weighted by Crippen LogP contribution is 2.14. The van der Waals surface area contributed by atoms with Crippen LogP contribution in [0.15, 0.2) is 70.5 Å². The van der Waals surface area contributed by atoms with E-state index in [1.54, 1.807) is 18.0 Å². The van der Waals surface area contributed by atoms with Gasteiger partial charge in [0.15, 0.2) is 11.2 Å². The standard InChI is InChI=1S/C21H20N4O3/c1-23-20(26)18-19(22-14-24(18)12-15-6-4-3-5-7-15)25(21(23)27)13-16-8-10-17(28-2)11-9-16/h3-11,14H,12-13H2,1-2H3. The van der Waals surface area contributed by atoms with E-state index in [9.17, 15) is 9.59 Å². The minimum absolute atomic E-state index is 0.315. The summed E-state index contributed by atoms with van der Waals surface area (Å²) in [5, 5.41) is 0. The van der Waals surface area contributed by atoms with Crippen molar-refractivity contribution in [2.45, 2.75) is 13.1 Å². The van der Waals surface area contributed by atoms with Crippen LogP contribution in [-0.4, -0.2) is 25.8 Å². The van der Waals surface area contributed by atoms with Gasteiger partial charge in [-0.1, -0.05) is 42.5 Å². The second kappa shape index (κ2) is 7.19. The first-order valence-electron chi connectivity index (χ1n) is 8.90. The number of benzene rings is 2. The van der Waals surface area contributed by atoms with E-state index in [2.05, 4.69) is 4.98 Å². The van der Waals surface area contributed by atoms with E-state index in [1.165, 1.54) is 11.6 Å². The van der Waals surface area contributed by atoms with E-state index in [0.29, 0.717) is 24.3 Å². The van der Waals surface area contributed by atoms with Crippen molar-refractivity contribution in [3.63, 3.8) is 0 Å². The van der Waals surface area contributed by atoms with Crippen molar-refractivity contribution >= 4 is 11.2 Å². The van der Waals surface area contributed by atoms with E-state index in [4.69, 9.17) is 4.74 Å². The number of nitrogens with zero attached hydrogens (tertiary/aromatic N) is 4. The van der Waals surface area contributed by atoms with E-state index < -0.39 is 5.69 Å². The van der Waals surface area contributed by atoms with Crippen molar-refractivity contribution in [2.24, 2.45) is 7.05 Å². The van der Waals surface area contributed by atoms with Gasteiger partial charge in [-0.2, -0.15) is 0 Å². The number of aromatic nitrogens is 4.